The van der Waals surface area contributed by atoms with Gasteiger partial charge in [0.25, 0.3) is 0 Å². The third kappa shape index (κ3) is 3.96. The lowest BCUT2D eigenvalue weighted by molar-refractivity contribution is -0.128. The summed E-state index contributed by atoms with van der Waals surface area (Å²) in [5, 5.41) is 7.64. The average Bonchev–Trinajstić information content (AvgIpc) is 3.02. The normalized spacial score (nSPS) is 20.0. The fourth-order valence-corrected chi connectivity index (χ4v) is 3.15. The van der Waals surface area contributed by atoms with Gasteiger partial charge in [0.2, 0.25) is 5.91 Å². The predicted octanol–water partition coefficient (Wildman–Crippen LogP) is 1.46. The summed E-state index contributed by atoms with van der Waals surface area (Å²) in [7, 11) is 1.75. The number of hydrogen-bond acceptors (Lipinski definition) is 3. The fourth-order valence-electron chi connectivity index (χ4n) is 2.28. The zero-order valence-electron chi connectivity index (χ0n) is 11.9. The molecule has 6 heteroatoms. The number of carbonyl (C=O) groups is 2. The highest BCUT2D eigenvalue weighted by Crippen LogP contribution is 2.13. The highest BCUT2D eigenvalue weighted by atomic mass is 32.1. The van der Waals surface area contributed by atoms with Crippen LogP contribution in [0.3, 0.4) is 0 Å². The van der Waals surface area contributed by atoms with Crippen molar-refractivity contribution >= 4 is 23.3 Å². The molecule has 1 aromatic heterocycles. The van der Waals surface area contributed by atoms with E-state index in [1.54, 1.807) is 23.3 Å². The molecule has 2 rings (SSSR count). The van der Waals surface area contributed by atoms with Gasteiger partial charge in [-0.15, -0.1) is 11.3 Å². The van der Waals surface area contributed by atoms with Crippen LogP contribution in [0.4, 0.5) is 4.79 Å². The third-order valence-corrected chi connectivity index (χ3v) is 4.37. The molecule has 20 heavy (non-hydrogen) atoms. The molecule has 1 aromatic rings. The van der Waals surface area contributed by atoms with Crippen LogP contribution in [-0.4, -0.2) is 43.0 Å². The minimum atomic E-state index is -0.368. The van der Waals surface area contributed by atoms with Gasteiger partial charge in [0.15, 0.2) is 0 Å². The van der Waals surface area contributed by atoms with Crippen LogP contribution in [0.15, 0.2) is 17.5 Å². The van der Waals surface area contributed by atoms with Gasteiger partial charge in [-0.25, -0.2) is 4.79 Å². The molecule has 110 valence electrons. The number of urea groups is 1. The molecule has 2 heterocycles. The number of rotatable bonds is 5. The van der Waals surface area contributed by atoms with Gasteiger partial charge in [-0.3, -0.25) is 4.79 Å². The van der Waals surface area contributed by atoms with Crippen LogP contribution in [-0.2, 0) is 11.2 Å². The van der Waals surface area contributed by atoms with E-state index < -0.39 is 0 Å². The minimum Gasteiger partial charge on any atom is -0.344 e. The standard InChI is InChI=1S/C14H21N3O2S/c1-10(8-11-4-3-7-20-11)9-15-14(19)16-12-5-6-17(2)13(12)18/h3-4,7,10,12H,5-6,8-9H2,1-2H3,(H2,15,16,19)/t10-,12-/m0/s1. The molecule has 0 spiro atoms. The van der Waals surface area contributed by atoms with E-state index in [1.165, 1.54) is 4.88 Å². The summed E-state index contributed by atoms with van der Waals surface area (Å²) in [6, 6.07) is 3.52. The SMILES string of the molecule is C[C@H](CNC(=O)N[C@H]1CCN(C)C1=O)Cc1cccs1. The first kappa shape index (κ1) is 14.8. The van der Waals surface area contributed by atoms with Crippen LogP contribution in [0.2, 0.25) is 0 Å². The van der Waals surface area contributed by atoms with Crippen molar-refractivity contribution in [2.45, 2.75) is 25.8 Å². The Labute approximate surface area is 123 Å². The van der Waals surface area contributed by atoms with E-state index in [-0.39, 0.29) is 18.0 Å². The molecule has 0 aliphatic carbocycles. The number of likely N-dealkylation sites (tertiary alicyclic amines) is 1. The molecular formula is C14H21N3O2S. The molecule has 3 amide bonds. The minimum absolute atomic E-state index is 0.00761. The lowest BCUT2D eigenvalue weighted by Crippen LogP contribution is -2.46. The van der Waals surface area contributed by atoms with Gasteiger partial charge < -0.3 is 15.5 Å². The molecule has 1 fully saturated rings. The van der Waals surface area contributed by atoms with E-state index in [2.05, 4.69) is 29.0 Å². The van der Waals surface area contributed by atoms with Crippen LogP contribution >= 0.6 is 11.3 Å². The number of likely N-dealkylation sites (N-methyl/N-ethyl adjacent to an activating group) is 1. The van der Waals surface area contributed by atoms with Crippen LogP contribution in [0.5, 0.6) is 0 Å². The van der Waals surface area contributed by atoms with Crippen molar-refractivity contribution in [2.24, 2.45) is 5.92 Å². The van der Waals surface area contributed by atoms with Crippen molar-refractivity contribution in [2.75, 3.05) is 20.1 Å². The maximum absolute atomic E-state index is 11.8. The molecule has 2 atom stereocenters. The second-order valence-electron chi connectivity index (χ2n) is 5.34. The molecule has 1 aliphatic heterocycles. The second-order valence-corrected chi connectivity index (χ2v) is 6.38. The predicted molar refractivity (Wildman–Crippen MR) is 79.8 cm³/mol. The summed E-state index contributed by atoms with van der Waals surface area (Å²) in [5.74, 6) is 0.369. The smallest absolute Gasteiger partial charge is 0.315 e. The Morgan fingerprint density at radius 1 is 1.60 bits per heavy atom. The molecule has 1 saturated heterocycles. The summed E-state index contributed by atoms with van der Waals surface area (Å²) >= 11 is 1.73. The number of amides is 3. The van der Waals surface area contributed by atoms with Crippen LogP contribution in [0.1, 0.15) is 18.2 Å². The van der Waals surface area contributed by atoms with Crippen LogP contribution < -0.4 is 10.6 Å². The summed E-state index contributed by atoms with van der Waals surface area (Å²) < 4.78 is 0. The first-order chi connectivity index (χ1) is 9.56. The van der Waals surface area contributed by atoms with Crippen molar-refractivity contribution in [3.05, 3.63) is 22.4 Å². The van der Waals surface area contributed by atoms with Gasteiger partial charge in [-0.2, -0.15) is 0 Å². The van der Waals surface area contributed by atoms with Gasteiger partial charge in [0, 0.05) is 25.0 Å². The highest BCUT2D eigenvalue weighted by molar-refractivity contribution is 7.09. The summed E-state index contributed by atoms with van der Waals surface area (Å²) in [5.41, 5.74) is 0. The van der Waals surface area contributed by atoms with Gasteiger partial charge in [-0.05, 0) is 30.2 Å². The van der Waals surface area contributed by atoms with Crippen molar-refractivity contribution in [3.63, 3.8) is 0 Å². The quantitative estimate of drug-likeness (QED) is 0.864. The molecule has 0 aromatic carbocycles. The van der Waals surface area contributed by atoms with Crippen molar-refractivity contribution in [1.29, 1.82) is 0 Å². The van der Waals surface area contributed by atoms with E-state index in [1.807, 2.05) is 6.07 Å². The van der Waals surface area contributed by atoms with Gasteiger partial charge in [-0.1, -0.05) is 13.0 Å². The van der Waals surface area contributed by atoms with Gasteiger partial charge in [0.1, 0.15) is 6.04 Å². The zero-order chi connectivity index (χ0) is 14.5. The number of hydrogen-bond donors (Lipinski definition) is 2. The summed E-state index contributed by atoms with van der Waals surface area (Å²) in [6.07, 6.45) is 1.65. The largest absolute Gasteiger partial charge is 0.344 e. The number of nitrogens with zero attached hydrogens (tertiary/aromatic N) is 1. The Balaban J connectivity index is 1.68. The fraction of sp³-hybridized carbons (Fsp3) is 0.571. The molecular weight excluding hydrogens is 274 g/mol. The lowest BCUT2D eigenvalue weighted by atomic mass is 10.1. The maximum atomic E-state index is 11.8. The maximum Gasteiger partial charge on any atom is 0.315 e. The average molecular weight is 295 g/mol. The Bertz CT molecular complexity index is 461. The monoisotopic (exact) mass is 295 g/mol. The molecule has 1 aliphatic rings. The first-order valence-electron chi connectivity index (χ1n) is 6.88. The molecule has 0 bridgehead atoms. The summed E-state index contributed by atoms with van der Waals surface area (Å²) in [4.78, 5) is 26.4. The second kappa shape index (κ2) is 6.74. The first-order valence-corrected chi connectivity index (χ1v) is 7.76. The third-order valence-electron chi connectivity index (χ3n) is 3.47. The Kier molecular flexibility index (Phi) is 5.00. The van der Waals surface area contributed by atoms with Crippen LogP contribution in [0, 0.1) is 5.92 Å². The molecule has 2 N–H and O–H groups in total. The number of carbonyl (C=O) groups excluding carboxylic acids is 2. The van der Waals surface area contributed by atoms with E-state index in [9.17, 15) is 9.59 Å². The Hall–Kier alpha value is -1.56. The van der Waals surface area contributed by atoms with Crippen LogP contribution in [0.25, 0.3) is 0 Å². The molecule has 0 radical (unpaired) electrons. The van der Waals surface area contributed by atoms with Gasteiger partial charge >= 0.3 is 6.03 Å². The van der Waals surface area contributed by atoms with E-state index in [4.69, 9.17) is 0 Å². The van der Waals surface area contributed by atoms with Crippen molar-refractivity contribution in [3.8, 4) is 0 Å². The Morgan fingerprint density at radius 3 is 3.00 bits per heavy atom. The van der Waals surface area contributed by atoms with Gasteiger partial charge in [0.05, 0.1) is 0 Å². The zero-order valence-corrected chi connectivity index (χ0v) is 12.7. The lowest BCUT2D eigenvalue weighted by Gasteiger charge is -2.15. The summed E-state index contributed by atoms with van der Waals surface area (Å²) in [6.45, 7) is 3.42. The van der Waals surface area contributed by atoms with E-state index in [0.717, 1.165) is 6.42 Å². The van der Waals surface area contributed by atoms with E-state index in [0.29, 0.717) is 25.4 Å². The molecule has 0 saturated carbocycles. The molecule has 5 nitrogen and oxygen atoms in total. The molecule has 0 unspecified atom stereocenters. The highest BCUT2D eigenvalue weighted by Gasteiger charge is 2.30. The Morgan fingerprint density at radius 2 is 2.40 bits per heavy atom. The number of thiophene rings is 1. The van der Waals surface area contributed by atoms with Crippen molar-refractivity contribution in [1.82, 2.24) is 15.5 Å². The van der Waals surface area contributed by atoms with Crippen molar-refractivity contribution < 1.29 is 9.59 Å². The number of nitrogens with one attached hydrogen (secondary N) is 2. The topological polar surface area (TPSA) is 61.4 Å². The van der Waals surface area contributed by atoms with E-state index >= 15 is 0 Å².